The van der Waals surface area contributed by atoms with Crippen molar-refractivity contribution >= 4 is 0 Å². The minimum Gasteiger partial charge on any atom is -0.467 e. The lowest BCUT2D eigenvalue weighted by Crippen LogP contribution is -2.11. The van der Waals surface area contributed by atoms with Crippen LogP contribution < -0.4 is 5.73 Å². The first-order valence-corrected chi connectivity index (χ1v) is 6.07. The van der Waals surface area contributed by atoms with Gasteiger partial charge in [-0.05, 0) is 24.3 Å². The topological polar surface area (TPSA) is 83.0 Å². The fourth-order valence-electron chi connectivity index (χ4n) is 1.98. The van der Waals surface area contributed by atoms with Gasteiger partial charge in [0.25, 0.3) is 0 Å². The number of rotatable bonds is 5. The van der Waals surface area contributed by atoms with Gasteiger partial charge in [0.15, 0.2) is 6.04 Å². The number of hydrogen-bond donors (Lipinski definition) is 1. The third kappa shape index (κ3) is 2.30. The quantitative estimate of drug-likeness (QED) is 0.751. The van der Waals surface area contributed by atoms with E-state index in [1.54, 1.807) is 6.26 Å². The maximum atomic E-state index is 5.48. The van der Waals surface area contributed by atoms with Gasteiger partial charge in [0, 0.05) is 25.4 Å². The van der Waals surface area contributed by atoms with Crippen LogP contribution in [0.15, 0.2) is 51.9 Å². The molecule has 1 atom stereocenters. The Morgan fingerprint density at radius 1 is 1.26 bits per heavy atom. The Hall–Kier alpha value is -2.34. The summed E-state index contributed by atoms with van der Waals surface area (Å²) in [6.45, 7) is 0.483. The third-order valence-electron chi connectivity index (χ3n) is 2.82. The number of nitrogens with zero attached hydrogens (tertiary/aromatic N) is 3. The third-order valence-corrected chi connectivity index (χ3v) is 2.82. The first-order chi connectivity index (χ1) is 9.38. The summed E-state index contributed by atoms with van der Waals surface area (Å²) in [6.07, 6.45) is 6.08. The van der Waals surface area contributed by atoms with Crippen LogP contribution in [0.5, 0.6) is 0 Å². The molecule has 0 radical (unpaired) electrons. The van der Waals surface area contributed by atoms with Gasteiger partial charge in [-0.2, -0.15) is 4.98 Å². The molecule has 0 saturated carbocycles. The monoisotopic (exact) mass is 258 g/mol. The van der Waals surface area contributed by atoms with E-state index >= 15 is 0 Å². The fourth-order valence-corrected chi connectivity index (χ4v) is 1.98. The molecule has 0 bridgehead atoms. The summed E-state index contributed by atoms with van der Waals surface area (Å²) >= 11 is 0. The second-order valence-corrected chi connectivity index (χ2v) is 4.13. The molecule has 0 fully saturated rings. The molecule has 98 valence electrons. The molecule has 2 N–H and O–H groups in total. The second kappa shape index (κ2) is 5.11. The van der Waals surface area contributed by atoms with Crippen molar-refractivity contribution in [2.45, 2.75) is 12.5 Å². The first kappa shape index (κ1) is 11.7. The van der Waals surface area contributed by atoms with Crippen LogP contribution in [-0.2, 0) is 6.42 Å². The molecule has 3 heterocycles. The van der Waals surface area contributed by atoms with Crippen molar-refractivity contribution in [3.8, 4) is 0 Å². The molecule has 0 amide bonds. The molecule has 19 heavy (non-hydrogen) atoms. The molecule has 6 nitrogen and oxygen atoms in total. The van der Waals surface area contributed by atoms with E-state index in [4.69, 9.17) is 14.7 Å². The Kier molecular flexibility index (Phi) is 3.16. The molecule has 0 aliphatic rings. The summed E-state index contributed by atoms with van der Waals surface area (Å²) in [5.41, 5.74) is 5.48. The average molecular weight is 258 g/mol. The highest BCUT2D eigenvalue weighted by atomic mass is 16.5. The van der Waals surface area contributed by atoms with Crippen molar-refractivity contribution in [3.63, 3.8) is 0 Å². The van der Waals surface area contributed by atoms with Gasteiger partial charge < -0.3 is 19.2 Å². The highest BCUT2D eigenvalue weighted by Crippen LogP contribution is 2.25. The lowest BCUT2D eigenvalue weighted by molar-refractivity contribution is 0.365. The van der Waals surface area contributed by atoms with E-state index in [0.717, 1.165) is 5.76 Å². The van der Waals surface area contributed by atoms with E-state index in [0.29, 0.717) is 24.7 Å². The molecule has 0 aliphatic carbocycles. The largest absolute Gasteiger partial charge is 0.467 e. The molecular weight excluding hydrogens is 244 g/mol. The predicted molar refractivity (Wildman–Crippen MR) is 67.4 cm³/mol. The van der Waals surface area contributed by atoms with Gasteiger partial charge in [0.1, 0.15) is 5.76 Å². The molecule has 0 aliphatic heterocycles. The van der Waals surface area contributed by atoms with Gasteiger partial charge in [0.2, 0.25) is 11.7 Å². The van der Waals surface area contributed by atoms with Crippen LogP contribution >= 0.6 is 0 Å². The van der Waals surface area contributed by atoms with E-state index in [-0.39, 0.29) is 6.04 Å². The molecule has 3 aromatic rings. The minimum absolute atomic E-state index is 0.222. The molecule has 3 aromatic heterocycles. The van der Waals surface area contributed by atoms with Crippen LogP contribution in [-0.4, -0.2) is 21.3 Å². The number of hydrogen-bond acceptors (Lipinski definition) is 5. The molecule has 0 saturated heterocycles. The van der Waals surface area contributed by atoms with Gasteiger partial charge in [0.05, 0.1) is 6.26 Å². The summed E-state index contributed by atoms with van der Waals surface area (Å²) in [6, 6.07) is 7.39. The van der Waals surface area contributed by atoms with Gasteiger partial charge in [-0.15, -0.1) is 0 Å². The van der Waals surface area contributed by atoms with E-state index < -0.39 is 0 Å². The first-order valence-electron chi connectivity index (χ1n) is 6.07. The zero-order valence-corrected chi connectivity index (χ0v) is 10.3. The SMILES string of the molecule is NCCc1nc([C@H](c2ccco2)n2cccc2)no1. The maximum Gasteiger partial charge on any atom is 0.228 e. The zero-order valence-electron chi connectivity index (χ0n) is 10.3. The average Bonchev–Trinajstić information content (AvgIpc) is 3.13. The van der Waals surface area contributed by atoms with Crippen LogP contribution in [0.3, 0.4) is 0 Å². The zero-order chi connectivity index (χ0) is 13.1. The summed E-state index contributed by atoms with van der Waals surface area (Å²) in [5.74, 6) is 1.87. The lowest BCUT2D eigenvalue weighted by Gasteiger charge is -2.12. The summed E-state index contributed by atoms with van der Waals surface area (Å²) < 4.78 is 12.6. The normalized spacial score (nSPS) is 12.7. The van der Waals surface area contributed by atoms with Crippen molar-refractivity contribution in [1.82, 2.24) is 14.7 Å². The number of aromatic nitrogens is 3. The van der Waals surface area contributed by atoms with Gasteiger partial charge in [-0.25, -0.2) is 0 Å². The van der Waals surface area contributed by atoms with E-state index in [9.17, 15) is 0 Å². The van der Waals surface area contributed by atoms with Crippen molar-refractivity contribution < 1.29 is 8.94 Å². The summed E-state index contributed by atoms with van der Waals surface area (Å²) in [4.78, 5) is 4.37. The van der Waals surface area contributed by atoms with Gasteiger partial charge >= 0.3 is 0 Å². The maximum absolute atomic E-state index is 5.48. The minimum atomic E-state index is -0.222. The van der Waals surface area contributed by atoms with Gasteiger partial charge in [-0.1, -0.05) is 5.16 Å². The van der Waals surface area contributed by atoms with Gasteiger partial charge in [-0.3, -0.25) is 0 Å². The smallest absolute Gasteiger partial charge is 0.228 e. The summed E-state index contributed by atoms with van der Waals surface area (Å²) in [7, 11) is 0. The van der Waals surface area contributed by atoms with Crippen LogP contribution in [0.4, 0.5) is 0 Å². The highest BCUT2D eigenvalue weighted by Gasteiger charge is 2.23. The molecule has 0 aromatic carbocycles. The molecule has 0 spiro atoms. The van der Waals surface area contributed by atoms with Crippen LogP contribution in [0.2, 0.25) is 0 Å². The Morgan fingerprint density at radius 2 is 2.11 bits per heavy atom. The van der Waals surface area contributed by atoms with Crippen molar-refractivity contribution in [2.24, 2.45) is 5.73 Å². The highest BCUT2D eigenvalue weighted by molar-refractivity contribution is 5.17. The Labute approximate surface area is 109 Å². The van der Waals surface area contributed by atoms with Crippen molar-refractivity contribution in [3.05, 3.63) is 60.4 Å². The number of nitrogens with two attached hydrogens (primary N) is 1. The van der Waals surface area contributed by atoms with E-state index in [1.165, 1.54) is 0 Å². The van der Waals surface area contributed by atoms with E-state index in [1.807, 2.05) is 41.2 Å². The van der Waals surface area contributed by atoms with Crippen LogP contribution in [0.1, 0.15) is 23.5 Å². The molecule has 3 rings (SSSR count). The molecular formula is C13H14N4O2. The van der Waals surface area contributed by atoms with Crippen molar-refractivity contribution in [1.29, 1.82) is 0 Å². The lowest BCUT2D eigenvalue weighted by atomic mass is 10.2. The molecule has 6 heteroatoms. The molecule has 0 unspecified atom stereocenters. The second-order valence-electron chi connectivity index (χ2n) is 4.13. The Morgan fingerprint density at radius 3 is 2.79 bits per heavy atom. The van der Waals surface area contributed by atoms with E-state index in [2.05, 4.69) is 10.1 Å². The number of furan rings is 1. The standard InChI is InChI=1S/C13H14N4O2/c14-6-5-11-15-13(16-19-11)12(10-4-3-9-18-10)17-7-1-2-8-17/h1-4,7-9,12H,5-6,14H2/t12-/m0/s1. The Bertz CT molecular complexity index is 579. The fraction of sp³-hybridized carbons (Fsp3) is 0.231. The Balaban J connectivity index is 1.99. The van der Waals surface area contributed by atoms with Crippen LogP contribution in [0, 0.1) is 0 Å². The van der Waals surface area contributed by atoms with Crippen molar-refractivity contribution in [2.75, 3.05) is 6.54 Å². The predicted octanol–water partition coefficient (Wildman–Crippen LogP) is 1.60. The summed E-state index contributed by atoms with van der Waals surface area (Å²) in [5, 5.41) is 4.02. The van der Waals surface area contributed by atoms with Crippen LogP contribution in [0.25, 0.3) is 0 Å².